The number of sulfonamides is 1. The predicted molar refractivity (Wildman–Crippen MR) is 123 cm³/mol. The first-order valence-corrected chi connectivity index (χ1v) is 11.6. The van der Waals surface area contributed by atoms with E-state index in [2.05, 4.69) is 6.58 Å². The Bertz CT molecular complexity index is 1350. The van der Waals surface area contributed by atoms with Crippen molar-refractivity contribution in [3.63, 3.8) is 0 Å². The van der Waals surface area contributed by atoms with E-state index in [0.717, 1.165) is 11.6 Å². The largest absolute Gasteiger partial charge is 0.268 e. The third-order valence-corrected chi connectivity index (χ3v) is 7.22. The minimum Gasteiger partial charge on any atom is -0.268 e. The summed E-state index contributed by atoms with van der Waals surface area (Å²) >= 11 is 6.24. The molecule has 0 saturated carbocycles. The maximum Gasteiger partial charge on any atom is 0.266 e. The van der Waals surface area contributed by atoms with Crippen LogP contribution in [0.25, 0.3) is 0 Å². The van der Waals surface area contributed by atoms with Gasteiger partial charge in [-0.25, -0.2) is 22.0 Å². The van der Waals surface area contributed by atoms with Gasteiger partial charge < -0.3 is 0 Å². The number of hydrogen-bond acceptors (Lipinski definition) is 4. The van der Waals surface area contributed by atoms with Crippen molar-refractivity contribution < 1.29 is 22.4 Å². The van der Waals surface area contributed by atoms with Crippen molar-refractivity contribution in [1.29, 1.82) is 0 Å². The maximum atomic E-state index is 15.0. The van der Waals surface area contributed by atoms with E-state index < -0.39 is 33.8 Å². The number of fused-ring (bicyclic) bond motifs is 1. The number of aryl methyl sites for hydroxylation is 1. The van der Waals surface area contributed by atoms with Crippen LogP contribution in [-0.4, -0.2) is 31.3 Å². The molecule has 1 heterocycles. The van der Waals surface area contributed by atoms with Gasteiger partial charge in [-0.1, -0.05) is 60.1 Å². The van der Waals surface area contributed by atoms with E-state index >= 15 is 0 Å². The molecule has 1 aliphatic rings. The summed E-state index contributed by atoms with van der Waals surface area (Å²) in [6.07, 6.45) is -1.72. The third kappa shape index (κ3) is 3.81. The molecule has 2 amide bonds. The minimum atomic E-state index is -4.51. The fourth-order valence-corrected chi connectivity index (χ4v) is 5.50. The van der Waals surface area contributed by atoms with E-state index in [1.54, 1.807) is 31.2 Å². The highest BCUT2D eigenvalue weighted by molar-refractivity contribution is 7.92. The molecule has 1 atom stereocenters. The van der Waals surface area contributed by atoms with Crippen molar-refractivity contribution in [2.45, 2.75) is 18.0 Å². The van der Waals surface area contributed by atoms with Crippen LogP contribution < -0.4 is 4.31 Å². The maximum absolute atomic E-state index is 15.0. The molecule has 0 bridgehead atoms. The Morgan fingerprint density at radius 3 is 1.97 bits per heavy atom. The Morgan fingerprint density at radius 1 is 0.939 bits per heavy atom. The van der Waals surface area contributed by atoms with Crippen LogP contribution in [0.2, 0.25) is 0 Å². The Balaban J connectivity index is 1.95. The van der Waals surface area contributed by atoms with Crippen LogP contribution in [0.1, 0.15) is 26.3 Å². The van der Waals surface area contributed by atoms with Crippen molar-refractivity contribution >= 4 is 39.1 Å². The summed E-state index contributed by atoms with van der Waals surface area (Å²) in [5.41, 5.74) is 0.602. The highest BCUT2D eigenvalue weighted by Gasteiger charge is 2.47. The van der Waals surface area contributed by atoms with Gasteiger partial charge in [-0.05, 0) is 43.3 Å². The average Bonchev–Trinajstić information content (AvgIpc) is 3.03. The second kappa shape index (κ2) is 8.46. The standard InChI is InChI=1S/C24H18ClFN2O4S/c1-15-11-13-17(14-12-15)33(31,32)28(21-10-6-5-9-20(21)26)22(16(2)25)27-23(29)18-7-3-4-8-19(18)24(27)30/h3-14,22H,2H2,1H3. The minimum absolute atomic E-state index is 0.0895. The van der Waals surface area contributed by atoms with E-state index in [0.29, 0.717) is 9.21 Å². The number of benzene rings is 3. The Labute approximate surface area is 195 Å². The zero-order valence-corrected chi connectivity index (χ0v) is 19.0. The summed E-state index contributed by atoms with van der Waals surface area (Å²) < 4.78 is 43.2. The van der Waals surface area contributed by atoms with Gasteiger partial charge in [-0.2, -0.15) is 0 Å². The first-order chi connectivity index (χ1) is 15.6. The molecule has 1 aliphatic heterocycles. The molecule has 0 N–H and O–H groups in total. The quantitative estimate of drug-likeness (QED) is 0.475. The van der Waals surface area contributed by atoms with E-state index in [4.69, 9.17) is 11.6 Å². The molecule has 4 rings (SSSR count). The molecule has 0 saturated heterocycles. The van der Waals surface area contributed by atoms with E-state index in [1.165, 1.54) is 42.5 Å². The summed E-state index contributed by atoms with van der Waals surface area (Å²) in [4.78, 5) is 26.9. The predicted octanol–water partition coefficient (Wildman–Crippen LogP) is 4.70. The lowest BCUT2D eigenvalue weighted by Gasteiger charge is -2.36. The lowest BCUT2D eigenvalue weighted by atomic mass is 10.1. The molecule has 1 unspecified atom stereocenters. The van der Waals surface area contributed by atoms with Crippen molar-refractivity contribution in [2.75, 3.05) is 4.31 Å². The number of carbonyl (C=O) groups excluding carboxylic acids is 2. The van der Waals surface area contributed by atoms with Crippen LogP contribution in [-0.2, 0) is 10.0 Å². The van der Waals surface area contributed by atoms with Crippen LogP contribution in [0, 0.1) is 12.7 Å². The van der Waals surface area contributed by atoms with E-state index in [-0.39, 0.29) is 26.7 Å². The zero-order chi connectivity index (χ0) is 23.9. The highest BCUT2D eigenvalue weighted by atomic mass is 35.5. The molecule has 0 aliphatic carbocycles. The average molecular weight is 485 g/mol. The second-order valence-electron chi connectivity index (χ2n) is 7.41. The smallest absolute Gasteiger partial charge is 0.266 e. The molecule has 9 heteroatoms. The fourth-order valence-electron chi connectivity index (χ4n) is 3.65. The number of nitrogens with zero attached hydrogens (tertiary/aromatic N) is 2. The Morgan fingerprint density at radius 2 is 1.45 bits per heavy atom. The van der Waals surface area contributed by atoms with Crippen molar-refractivity contribution in [3.8, 4) is 0 Å². The van der Waals surface area contributed by atoms with Gasteiger partial charge in [-0.3, -0.25) is 9.59 Å². The topological polar surface area (TPSA) is 74.8 Å². The molecular weight excluding hydrogens is 467 g/mol. The molecule has 6 nitrogen and oxygen atoms in total. The van der Waals surface area contributed by atoms with Crippen LogP contribution in [0.3, 0.4) is 0 Å². The number of hydrogen-bond donors (Lipinski definition) is 0. The zero-order valence-electron chi connectivity index (χ0n) is 17.4. The molecule has 0 aromatic heterocycles. The molecule has 33 heavy (non-hydrogen) atoms. The monoisotopic (exact) mass is 484 g/mol. The van der Waals surface area contributed by atoms with Gasteiger partial charge in [0.1, 0.15) is 5.82 Å². The Kier molecular flexibility index (Phi) is 5.82. The first kappa shape index (κ1) is 22.7. The first-order valence-electron chi connectivity index (χ1n) is 9.81. The SMILES string of the molecule is C=C(Cl)C(N1C(=O)c2ccccc2C1=O)N(c1ccccc1F)S(=O)(=O)c1ccc(C)cc1. The van der Waals surface area contributed by atoms with Crippen LogP contribution in [0.5, 0.6) is 0 Å². The Hall–Kier alpha value is -3.49. The molecule has 0 fully saturated rings. The van der Waals surface area contributed by atoms with Gasteiger partial charge in [0, 0.05) is 0 Å². The van der Waals surface area contributed by atoms with E-state index in [1.807, 2.05) is 0 Å². The highest BCUT2D eigenvalue weighted by Crippen LogP contribution is 2.36. The second-order valence-corrected chi connectivity index (χ2v) is 9.71. The van der Waals surface area contributed by atoms with Gasteiger partial charge >= 0.3 is 0 Å². The van der Waals surface area contributed by atoms with Gasteiger partial charge in [0.2, 0.25) is 0 Å². The fraction of sp³-hybridized carbons (Fsp3) is 0.0833. The lowest BCUT2D eigenvalue weighted by molar-refractivity contribution is 0.0618. The summed E-state index contributed by atoms with van der Waals surface area (Å²) in [7, 11) is -4.51. The van der Waals surface area contributed by atoms with Crippen LogP contribution in [0.4, 0.5) is 10.1 Å². The van der Waals surface area contributed by atoms with Gasteiger partial charge in [0.25, 0.3) is 21.8 Å². The number of amides is 2. The molecule has 0 spiro atoms. The van der Waals surface area contributed by atoms with Crippen LogP contribution >= 0.6 is 11.6 Å². The van der Waals surface area contributed by atoms with Crippen LogP contribution in [0.15, 0.2) is 89.3 Å². The molecule has 0 radical (unpaired) electrons. The number of imide groups is 1. The summed E-state index contributed by atoms with van der Waals surface area (Å²) in [5.74, 6) is -2.40. The molecule has 3 aromatic carbocycles. The number of carbonyl (C=O) groups is 2. The lowest BCUT2D eigenvalue weighted by Crippen LogP contribution is -2.54. The van der Waals surface area contributed by atoms with Gasteiger partial charge in [-0.15, -0.1) is 0 Å². The van der Waals surface area contributed by atoms with Crippen molar-refractivity contribution in [1.82, 2.24) is 4.90 Å². The number of rotatable bonds is 6. The molecule has 168 valence electrons. The summed E-state index contributed by atoms with van der Waals surface area (Å²) in [6.45, 7) is 5.40. The summed E-state index contributed by atoms with van der Waals surface area (Å²) in [5, 5.41) is -0.358. The van der Waals surface area contributed by atoms with Crippen molar-refractivity contribution in [3.05, 3.63) is 107 Å². The normalized spacial score (nSPS) is 14.2. The summed E-state index contributed by atoms with van der Waals surface area (Å²) in [6, 6.07) is 17.1. The number of anilines is 1. The van der Waals surface area contributed by atoms with E-state index in [9.17, 15) is 22.4 Å². The van der Waals surface area contributed by atoms with Crippen molar-refractivity contribution in [2.24, 2.45) is 0 Å². The molecular formula is C24H18ClFN2O4S. The molecule has 3 aromatic rings. The number of para-hydroxylation sites is 1. The van der Waals surface area contributed by atoms with Gasteiger partial charge in [0.05, 0.1) is 26.7 Å². The van der Waals surface area contributed by atoms with Gasteiger partial charge in [0.15, 0.2) is 6.17 Å². The third-order valence-electron chi connectivity index (χ3n) is 5.24. The number of halogens is 2.